The minimum Gasteiger partial charge on any atom is -0.468 e. The molecule has 8 heteroatoms. The normalized spacial score (nSPS) is 17.0. The first-order chi connectivity index (χ1) is 11.9. The van der Waals surface area contributed by atoms with Gasteiger partial charge in [0.2, 0.25) is 10.0 Å². The average molecular weight is 403 g/mol. The summed E-state index contributed by atoms with van der Waals surface area (Å²) >= 11 is 11.8. The van der Waals surface area contributed by atoms with Gasteiger partial charge in [0.1, 0.15) is 5.76 Å². The molecule has 5 nitrogen and oxygen atoms in total. The second-order valence-corrected chi connectivity index (χ2v) is 8.75. The van der Waals surface area contributed by atoms with Crippen LogP contribution in [0.25, 0.3) is 0 Å². The maximum absolute atomic E-state index is 12.4. The molecule has 0 radical (unpaired) electrons. The third-order valence-electron chi connectivity index (χ3n) is 4.29. The zero-order valence-corrected chi connectivity index (χ0v) is 15.9. The van der Waals surface area contributed by atoms with Crippen LogP contribution in [0.15, 0.2) is 41.0 Å². The molecule has 1 aliphatic heterocycles. The lowest BCUT2D eigenvalue weighted by molar-refractivity contribution is 0.216. The topological polar surface area (TPSA) is 62.6 Å². The highest BCUT2D eigenvalue weighted by Crippen LogP contribution is 2.26. The van der Waals surface area contributed by atoms with Crippen LogP contribution in [0.5, 0.6) is 0 Å². The Balaban J connectivity index is 1.67. The molecule has 0 aliphatic carbocycles. The van der Waals surface area contributed by atoms with Gasteiger partial charge in [-0.1, -0.05) is 29.3 Å². The number of sulfonamides is 1. The summed E-state index contributed by atoms with van der Waals surface area (Å²) in [6.07, 6.45) is 3.85. The van der Waals surface area contributed by atoms with Crippen LogP contribution < -0.4 is 4.72 Å². The van der Waals surface area contributed by atoms with Gasteiger partial charge in [-0.3, -0.25) is 4.90 Å². The van der Waals surface area contributed by atoms with E-state index in [-0.39, 0.29) is 18.3 Å². The van der Waals surface area contributed by atoms with Crippen molar-refractivity contribution in [1.82, 2.24) is 9.62 Å². The van der Waals surface area contributed by atoms with Crippen molar-refractivity contribution < 1.29 is 12.8 Å². The minimum absolute atomic E-state index is 0.0962. The molecular formula is C17H20Cl2N2O3S. The number of rotatable bonds is 7. The van der Waals surface area contributed by atoms with Crippen LogP contribution in [0.3, 0.4) is 0 Å². The number of likely N-dealkylation sites (tertiary alicyclic amines) is 1. The van der Waals surface area contributed by atoms with Crippen LogP contribution in [0.2, 0.25) is 10.0 Å². The molecule has 0 spiro atoms. The zero-order valence-electron chi connectivity index (χ0n) is 13.6. The van der Waals surface area contributed by atoms with Gasteiger partial charge in [0.25, 0.3) is 0 Å². The Kier molecular flexibility index (Phi) is 6.07. The maximum Gasteiger partial charge on any atom is 0.215 e. The van der Waals surface area contributed by atoms with Gasteiger partial charge in [-0.25, -0.2) is 13.1 Å². The van der Waals surface area contributed by atoms with E-state index >= 15 is 0 Å². The number of hydrogen-bond donors (Lipinski definition) is 1. The van der Waals surface area contributed by atoms with Gasteiger partial charge in [0.15, 0.2) is 0 Å². The molecule has 1 atom stereocenters. The third-order valence-corrected chi connectivity index (χ3v) is 6.35. The van der Waals surface area contributed by atoms with E-state index in [0.717, 1.165) is 31.7 Å². The van der Waals surface area contributed by atoms with Crippen molar-refractivity contribution in [3.63, 3.8) is 0 Å². The zero-order chi connectivity index (χ0) is 17.9. The van der Waals surface area contributed by atoms with E-state index < -0.39 is 10.0 Å². The third kappa shape index (κ3) is 4.99. The van der Waals surface area contributed by atoms with Crippen LogP contribution in [0, 0.1) is 0 Å². The predicted molar refractivity (Wildman–Crippen MR) is 99.3 cm³/mol. The summed E-state index contributed by atoms with van der Waals surface area (Å²) in [5, 5.41) is 0.752. The van der Waals surface area contributed by atoms with Crippen molar-refractivity contribution in [2.75, 3.05) is 19.6 Å². The van der Waals surface area contributed by atoms with Crippen molar-refractivity contribution in [2.24, 2.45) is 0 Å². The summed E-state index contributed by atoms with van der Waals surface area (Å²) in [7, 11) is -3.50. The Morgan fingerprint density at radius 2 is 1.92 bits per heavy atom. The molecule has 136 valence electrons. The molecule has 0 amide bonds. The average Bonchev–Trinajstić information content (AvgIpc) is 3.25. The maximum atomic E-state index is 12.4. The molecule has 1 aliphatic rings. The highest BCUT2D eigenvalue weighted by atomic mass is 35.5. The molecule has 2 aromatic rings. The van der Waals surface area contributed by atoms with Crippen LogP contribution in [-0.4, -0.2) is 33.0 Å². The molecule has 1 aromatic carbocycles. The van der Waals surface area contributed by atoms with E-state index in [1.807, 2.05) is 12.1 Å². The van der Waals surface area contributed by atoms with Crippen molar-refractivity contribution in [2.45, 2.75) is 24.6 Å². The molecule has 2 heterocycles. The monoisotopic (exact) mass is 402 g/mol. The second-order valence-electron chi connectivity index (χ2n) is 6.13. The number of nitrogens with zero attached hydrogens (tertiary/aromatic N) is 1. The van der Waals surface area contributed by atoms with Crippen molar-refractivity contribution >= 4 is 33.2 Å². The van der Waals surface area contributed by atoms with Crippen LogP contribution in [0.1, 0.15) is 30.2 Å². The van der Waals surface area contributed by atoms with E-state index in [1.165, 1.54) is 0 Å². The predicted octanol–water partition coefficient (Wildman–Crippen LogP) is 3.84. The summed E-state index contributed by atoms with van der Waals surface area (Å²) in [4.78, 5) is 2.25. The number of hydrogen-bond acceptors (Lipinski definition) is 4. The smallest absolute Gasteiger partial charge is 0.215 e. The van der Waals surface area contributed by atoms with Gasteiger partial charge in [-0.05, 0) is 55.8 Å². The molecule has 25 heavy (non-hydrogen) atoms. The van der Waals surface area contributed by atoms with Gasteiger partial charge in [0, 0.05) is 6.54 Å². The standard InChI is InChI=1S/C17H20Cl2N2O3S/c18-14-6-5-13(10-15(14)19)12-25(22,23)20-11-16(17-4-3-9-24-17)21-7-1-2-8-21/h3-6,9-10,16,20H,1-2,7-8,11-12H2. The number of benzene rings is 1. The Hall–Kier alpha value is -1.05. The first kappa shape index (κ1) is 18.7. The summed E-state index contributed by atoms with van der Waals surface area (Å²) in [5.74, 6) is 0.633. The van der Waals surface area contributed by atoms with Gasteiger partial charge >= 0.3 is 0 Å². The van der Waals surface area contributed by atoms with Crippen LogP contribution in [0.4, 0.5) is 0 Å². The molecule has 1 fully saturated rings. The van der Waals surface area contributed by atoms with Crippen LogP contribution >= 0.6 is 23.2 Å². The van der Waals surface area contributed by atoms with Gasteiger partial charge in [-0.15, -0.1) is 0 Å². The van der Waals surface area contributed by atoms with Gasteiger partial charge in [0.05, 0.1) is 28.1 Å². The first-order valence-electron chi connectivity index (χ1n) is 8.13. The fourth-order valence-corrected chi connectivity index (χ4v) is 4.50. The number of halogens is 2. The highest BCUT2D eigenvalue weighted by Gasteiger charge is 2.27. The lowest BCUT2D eigenvalue weighted by Gasteiger charge is -2.26. The summed E-state index contributed by atoms with van der Waals surface area (Å²) in [5.41, 5.74) is 0.595. The van der Waals surface area contributed by atoms with Crippen molar-refractivity contribution in [3.8, 4) is 0 Å². The molecule has 1 N–H and O–H groups in total. The van der Waals surface area contributed by atoms with E-state index in [1.54, 1.807) is 24.5 Å². The summed E-state index contributed by atoms with van der Waals surface area (Å²) in [6.45, 7) is 2.16. The minimum atomic E-state index is -3.50. The Morgan fingerprint density at radius 1 is 1.16 bits per heavy atom. The van der Waals surface area contributed by atoms with E-state index in [4.69, 9.17) is 27.6 Å². The van der Waals surface area contributed by atoms with Gasteiger partial charge in [-0.2, -0.15) is 0 Å². The fourth-order valence-electron chi connectivity index (χ4n) is 3.05. The molecule has 1 aromatic heterocycles. The molecule has 0 saturated carbocycles. The molecule has 1 saturated heterocycles. The fraction of sp³-hybridized carbons (Fsp3) is 0.412. The number of furan rings is 1. The van der Waals surface area contributed by atoms with Gasteiger partial charge < -0.3 is 4.42 Å². The number of nitrogens with one attached hydrogen (secondary N) is 1. The largest absolute Gasteiger partial charge is 0.468 e. The summed E-state index contributed by atoms with van der Waals surface area (Å²) < 4.78 is 33.1. The van der Waals surface area contributed by atoms with E-state index in [9.17, 15) is 8.42 Å². The Morgan fingerprint density at radius 3 is 2.56 bits per heavy atom. The Labute approximate surface area is 158 Å². The lowest BCUT2D eigenvalue weighted by Crippen LogP contribution is -2.37. The van der Waals surface area contributed by atoms with E-state index in [2.05, 4.69) is 9.62 Å². The molecule has 0 bridgehead atoms. The molecular weight excluding hydrogens is 383 g/mol. The Bertz CT molecular complexity index is 803. The highest BCUT2D eigenvalue weighted by molar-refractivity contribution is 7.88. The molecule has 3 rings (SSSR count). The second kappa shape index (κ2) is 8.10. The van der Waals surface area contributed by atoms with Crippen molar-refractivity contribution in [1.29, 1.82) is 0 Å². The lowest BCUT2D eigenvalue weighted by atomic mass is 10.2. The molecule has 1 unspecified atom stereocenters. The van der Waals surface area contributed by atoms with E-state index in [0.29, 0.717) is 15.6 Å². The van der Waals surface area contributed by atoms with Crippen LogP contribution in [-0.2, 0) is 15.8 Å². The summed E-state index contributed by atoms with van der Waals surface area (Å²) in [6, 6.07) is 8.45. The SMILES string of the molecule is O=S(=O)(Cc1ccc(Cl)c(Cl)c1)NCC(c1ccco1)N1CCCC1. The quantitative estimate of drug-likeness (QED) is 0.763. The van der Waals surface area contributed by atoms with Crippen molar-refractivity contribution in [3.05, 3.63) is 58.0 Å². The first-order valence-corrected chi connectivity index (χ1v) is 10.5.